The Morgan fingerprint density at radius 3 is 1.53 bits per heavy atom. The molecule has 0 amide bonds. The zero-order valence-electron chi connectivity index (χ0n) is 11.0. The van der Waals surface area contributed by atoms with E-state index in [1.54, 1.807) is 13.8 Å². The van der Waals surface area contributed by atoms with Crippen LogP contribution in [0.25, 0.3) is 0 Å². The number of carbonyl (C=O) groups excluding carboxylic acids is 2. The second kappa shape index (κ2) is 8.84. The minimum atomic E-state index is -1.00. The predicted molar refractivity (Wildman–Crippen MR) is 62.8 cm³/mol. The summed E-state index contributed by atoms with van der Waals surface area (Å²) in [6, 6.07) is 0. The maximum Gasteiger partial charge on any atom is 0.518 e. The Kier molecular flexibility index (Phi) is 8.19. The van der Waals surface area contributed by atoms with Crippen molar-refractivity contribution in [1.82, 2.24) is 0 Å². The third-order valence-electron chi connectivity index (χ3n) is 2.15. The van der Waals surface area contributed by atoms with Crippen molar-refractivity contribution in [3.63, 3.8) is 0 Å². The minimum Gasteiger partial charge on any atom is -0.431 e. The fraction of sp³-hybridized carbons (Fsp3) is 0.833. The zero-order valence-corrected chi connectivity index (χ0v) is 11.0. The molecule has 0 aromatic rings. The summed E-state index contributed by atoms with van der Waals surface area (Å²) < 4.78 is 14.0. The van der Waals surface area contributed by atoms with Crippen molar-refractivity contribution in [2.75, 3.05) is 0 Å². The molecule has 2 unspecified atom stereocenters. The molecule has 0 bridgehead atoms. The fourth-order valence-electron chi connectivity index (χ4n) is 1.38. The molecule has 100 valence electrons. The molecule has 0 aliphatic carbocycles. The first-order valence-corrected chi connectivity index (χ1v) is 6.08. The Hall–Kier alpha value is -1.26. The summed E-state index contributed by atoms with van der Waals surface area (Å²) in [5.74, 6) is 0. The lowest BCUT2D eigenvalue weighted by Gasteiger charge is -2.13. The van der Waals surface area contributed by atoms with Crippen LogP contribution in [0.3, 0.4) is 0 Å². The molecule has 17 heavy (non-hydrogen) atoms. The Bertz CT molecular complexity index is 215. The minimum absolute atomic E-state index is 0.256. The SMILES string of the molecule is CCCC(C)OC(=O)OC(=O)OC(C)CCC. The van der Waals surface area contributed by atoms with Crippen molar-refractivity contribution in [2.45, 2.75) is 65.6 Å². The number of ether oxygens (including phenoxy) is 3. The molecular formula is C12H22O5. The molecule has 5 nitrogen and oxygen atoms in total. The molecule has 0 aliphatic rings. The molecule has 2 atom stereocenters. The molecule has 5 heteroatoms. The van der Waals surface area contributed by atoms with Gasteiger partial charge < -0.3 is 14.2 Å². The first-order valence-electron chi connectivity index (χ1n) is 6.08. The van der Waals surface area contributed by atoms with Gasteiger partial charge in [0.25, 0.3) is 0 Å². The highest BCUT2D eigenvalue weighted by Gasteiger charge is 2.17. The van der Waals surface area contributed by atoms with E-state index in [0.29, 0.717) is 0 Å². The van der Waals surface area contributed by atoms with Crippen LogP contribution in [0, 0.1) is 0 Å². The van der Waals surface area contributed by atoms with Crippen LogP contribution in [0.2, 0.25) is 0 Å². The lowest BCUT2D eigenvalue weighted by Crippen LogP contribution is -2.22. The van der Waals surface area contributed by atoms with Crippen LogP contribution >= 0.6 is 0 Å². The standard InChI is InChI=1S/C12H22O5/c1-5-7-9(3)15-11(13)17-12(14)16-10(4)8-6-2/h9-10H,5-8H2,1-4H3. The normalized spacial score (nSPS) is 13.6. The topological polar surface area (TPSA) is 61.8 Å². The highest BCUT2D eigenvalue weighted by Crippen LogP contribution is 2.05. The molecule has 0 saturated heterocycles. The maximum absolute atomic E-state index is 11.1. The summed E-state index contributed by atoms with van der Waals surface area (Å²) in [6.45, 7) is 7.45. The van der Waals surface area contributed by atoms with Crippen LogP contribution in [0.5, 0.6) is 0 Å². The average molecular weight is 246 g/mol. The van der Waals surface area contributed by atoms with Gasteiger partial charge in [-0.2, -0.15) is 0 Å². The van der Waals surface area contributed by atoms with Gasteiger partial charge in [0.05, 0.1) is 0 Å². The summed E-state index contributed by atoms with van der Waals surface area (Å²) in [6.07, 6.45) is 0.743. The van der Waals surface area contributed by atoms with Gasteiger partial charge in [-0.25, -0.2) is 9.59 Å². The van der Waals surface area contributed by atoms with Gasteiger partial charge in [0.15, 0.2) is 0 Å². The van der Waals surface area contributed by atoms with Crippen molar-refractivity contribution in [3.05, 3.63) is 0 Å². The number of hydrogen-bond acceptors (Lipinski definition) is 5. The van der Waals surface area contributed by atoms with Gasteiger partial charge in [0, 0.05) is 0 Å². The third-order valence-corrected chi connectivity index (χ3v) is 2.15. The Morgan fingerprint density at radius 2 is 1.24 bits per heavy atom. The van der Waals surface area contributed by atoms with E-state index < -0.39 is 12.3 Å². The second-order valence-electron chi connectivity index (χ2n) is 4.04. The van der Waals surface area contributed by atoms with Gasteiger partial charge in [0.1, 0.15) is 12.2 Å². The quantitative estimate of drug-likeness (QED) is 0.528. The molecule has 0 aliphatic heterocycles. The van der Waals surface area contributed by atoms with E-state index in [9.17, 15) is 9.59 Å². The molecule has 0 spiro atoms. The largest absolute Gasteiger partial charge is 0.518 e. The summed E-state index contributed by atoms with van der Waals surface area (Å²) in [5.41, 5.74) is 0. The van der Waals surface area contributed by atoms with Crippen LogP contribution in [0.1, 0.15) is 53.4 Å². The van der Waals surface area contributed by atoms with Gasteiger partial charge in [0.2, 0.25) is 0 Å². The monoisotopic (exact) mass is 246 g/mol. The van der Waals surface area contributed by atoms with Crippen molar-refractivity contribution in [1.29, 1.82) is 0 Å². The lowest BCUT2D eigenvalue weighted by atomic mass is 10.2. The molecular weight excluding hydrogens is 224 g/mol. The Balaban J connectivity index is 3.83. The third kappa shape index (κ3) is 8.54. The fourth-order valence-corrected chi connectivity index (χ4v) is 1.38. The molecule has 0 rings (SSSR count). The maximum atomic E-state index is 11.1. The first-order chi connectivity index (χ1) is 7.99. The predicted octanol–water partition coefficient (Wildman–Crippen LogP) is 3.65. The number of rotatable bonds is 6. The van der Waals surface area contributed by atoms with Crippen LogP contribution in [-0.4, -0.2) is 24.5 Å². The molecule has 0 heterocycles. The van der Waals surface area contributed by atoms with Crippen molar-refractivity contribution >= 4 is 12.3 Å². The molecule has 0 aromatic carbocycles. The molecule has 0 N–H and O–H groups in total. The summed E-state index contributed by atoms with van der Waals surface area (Å²) in [7, 11) is 0. The highest BCUT2D eigenvalue weighted by molar-refractivity contribution is 5.77. The van der Waals surface area contributed by atoms with Gasteiger partial charge in [-0.05, 0) is 26.7 Å². The molecule has 0 saturated carbocycles. The van der Waals surface area contributed by atoms with Crippen molar-refractivity contribution in [2.24, 2.45) is 0 Å². The second-order valence-corrected chi connectivity index (χ2v) is 4.04. The van der Waals surface area contributed by atoms with E-state index in [2.05, 4.69) is 4.74 Å². The van der Waals surface area contributed by atoms with Crippen LogP contribution in [-0.2, 0) is 14.2 Å². The van der Waals surface area contributed by atoms with Crippen molar-refractivity contribution in [3.8, 4) is 0 Å². The lowest BCUT2D eigenvalue weighted by molar-refractivity contribution is 0.00532. The summed E-state index contributed by atoms with van der Waals surface area (Å²) >= 11 is 0. The zero-order chi connectivity index (χ0) is 13.3. The van der Waals surface area contributed by atoms with E-state index in [1.165, 1.54) is 0 Å². The summed E-state index contributed by atoms with van der Waals surface area (Å²) in [5, 5.41) is 0. The van der Waals surface area contributed by atoms with Crippen LogP contribution < -0.4 is 0 Å². The summed E-state index contributed by atoms with van der Waals surface area (Å²) in [4.78, 5) is 22.3. The Morgan fingerprint density at radius 1 is 0.882 bits per heavy atom. The molecule has 0 radical (unpaired) electrons. The van der Waals surface area contributed by atoms with E-state index in [4.69, 9.17) is 9.47 Å². The van der Waals surface area contributed by atoms with Crippen molar-refractivity contribution < 1.29 is 23.8 Å². The van der Waals surface area contributed by atoms with Gasteiger partial charge in [-0.15, -0.1) is 0 Å². The number of hydrogen-bond donors (Lipinski definition) is 0. The van der Waals surface area contributed by atoms with Crippen LogP contribution in [0.15, 0.2) is 0 Å². The van der Waals surface area contributed by atoms with Gasteiger partial charge in [-0.1, -0.05) is 26.7 Å². The van der Waals surface area contributed by atoms with E-state index in [1.807, 2.05) is 13.8 Å². The molecule has 0 aromatic heterocycles. The molecule has 0 fully saturated rings. The Labute approximate surface area is 102 Å². The van der Waals surface area contributed by atoms with E-state index >= 15 is 0 Å². The van der Waals surface area contributed by atoms with Gasteiger partial charge in [-0.3, -0.25) is 0 Å². The van der Waals surface area contributed by atoms with Gasteiger partial charge >= 0.3 is 12.3 Å². The first kappa shape index (κ1) is 15.7. The smallest absolute Gasteiger partial charge is 0.431 e. The van der Waals surface area contributed by atoms with E-state index in [0.717, 1.165) is 25.7 Å². The highest BCUT2D eigenvalue weighted by atomic mass is 16.8. The van der Waals surface area contributed by atoms with E-state index in [-0.39, 0.29) is 12.2 Å². The number of carbonyl (C=O) groups is 2. The average Bonchev–Trinajstić information content (AvgIpc) is 2.16. The van der Waals surface area contributed by atoms with Crippen LogP contribution in [0.4, 0.5) is 9.59 Å².